The van der Waals surface area contributed by atoms with Crippen molar-refractivity contribution in [3.05, 3.63) is 113 Å². The summed E-state index contributed by atoms with van der Waals surface area (Å²) in [7, 11) is 0. The minimum atomic E-state index is -0.470. The number of piperidine rings is 2. The molecule has 6 rings (SSSR count). The molecule has 2 saturated heterocycles. The molecule has 7 heteroatoms. The maximum atomic E-state index is 13.2. The normalized spacial score (nSPS) is 23.7. The molecule has 3 aliphatic rings. The molecule has 7 nitrogen and oxygen atoms in total. The van der Waals surface area contributed by atoms with E-state index in [1.54, 1.807) is 4.90 Å². The Kier molecular flexibility index (Phi) is 7.90. The zero-order valence-corrected chi connectivity index (χ0v) is 23.6. The first kappa shape index (κ1) is 27.2. The molecule has 3 aliphatic heterocycles. The molecule has 4 atom stereocenters. The van der Waals surface area contributed by atoms with Crippen molar-refractivity contribution in [1.82, 2.24) is 20.4 Å². The number of ether oxygens (including phenoxy) is 1. The summed E-state index contributed by atoms with van der Waals surface area (Å²) in [5.74, 6) is 0.508. The number of nitrogens with one attached hydrogen (secondary N) is 2. The van der Waals surface area contributed by atoms with Gasteiger partial charge in [-0.1, -0.05) is 67.2 Å². The van der Waals surface area contributed by atoms with Crippen LogP contribution < -0.4 is 15.4 Å². The van der Waals surface area contributed by atoms with Crippen LogP contribution in [-0.2, 0) is 17.9 Å². The van der Waals surface area contributed by atoms with Crippen LogP contribution in [0.5, 0.6) is 5.75 Å². The first-order chi connectivity index (χ1) is 20.0. The Bertz CT molecular complexity index is 1410. The molecule has 0 bridgehead atoms. The van der Waals surface area contributed by atoms with Crippen molar-refractivity contribution in [1.29, 1.82) is 0 Å². The smallest absolute Gasteiger partial charge is 0.255 e. The van der Waals surface area contributed by atoms with Crippen LogP contribution in [0.15, 0.2) is 91.1 Å². The Balaban J connectivity index is 1.19. The molecule has 0 saturated carbocycles. The molecule has 2 fully saturated rings. The minimum absolute atomic E-state index is 0.0694. The number of rotatable bonds is 8. The van der Waals surface area contributed by atoms with E-state index in [1.807, 2.05) is 24.3 Å². The lowest BCUT2D eigenvalue weighted by atomic mass is 9.97. The molecule has 0 spiro atoms. The van der Waals surface area contributed by atoms with Gasteiger partial charge in [-0.25, -0.2) is 0 Å². The molecule has 3 aromatic rings. The summed E-state index contributed by atoms with van der Waals surface area (Å²) < 4.78 is 6.72. The molecule has 0 aromatic heterocycles. The number of likely N-dealkylation sites (tertiary alicyclic amines) is 1. The second-order valence-electron chi connectivity index (χ2n) is 11.4. The third-order valence-electron chi connectivity index (χ3n) is 8.73. The molecular formula is C34H38N4O3. The first-order valence-electron chi connectivity index (χ1n) is 14.6. The lowest BCUT2D eigenvalue weighted by Crippen LogP contribution is -2.55. The lowest BCUT2D eigenvalue weighted by Gasteiger charge is -2.41. The number of benzene rings is 3. The van der Waals surface area contributed by atoms with E-state index in [4.69, 9.17) is 4.74 Å². The molecular weight excluding hydrogens is 512 g/mol. The quantitative estimate of drug-likeness (QED) is 0.421. The van der Waals surface area contributed by atoms with Crippen LogP contribution in [0.3, 0.4) is 0 Å². The zero-order valence-electron chi connectivity index (χ0n) is 23.6. The first-order valence-corrected chi connectivity index (χ1v) is 14.6. The van der Waals surface area contributed by atoms with Gasteiger partial charge in [-0.3, -0.25) is 14.5 Å². The van der Waals surface area contributed by atoms with Crippen LogP contribution in [-0.4, -0.2) is 52.9 Å². The summed E-state index contributed by atoms with van der Waals surface area (Å²) >= 11 is 0. The summed E-state index contributed by atoms with van der Waals surface area (Å²) in [6, 6.07) is 26.8. The topological polar surface area (TPSA) is 73.9 Å². The van der Waals surface area contributed by atoms with Crippen LogP contribution >= 0.6 is 0 Å². The van der Waals surface area contributed by atoms with Crippen LogP contribution in [0.1, 0.15) is 59.3 Å². The molecule has 3 unspecified atom stereocenters. The molecule has 3 aromatic carbocycles. The highest BCUT2D eigenvalue weighted by Gasteiger charge is 2.39. The Morgan fingerprint density at radius 1 is 1.02 bits per heavy atom. The SMILES string of the molecule is C=C1CCC(N2Cc3cc(OC4CN([C@@H](C)c5ccccc5)CCC4NCc4ccccc4)ccc3C2=O)C(=O)N1. The van der Waals surface area contributed by atoms with Gasteiger partial charge in [-0.15, -0.1) is 0 Å². The van der Waals surface area contributed by atoms with E-state index in [0.717, 1.165) is 37.4 Å². The van der Waals surface area contributed by atoms with Crippen molar-refractivity contribution in [2.45, 2.75) is 63.5 Å². The van der Waals surface area contributed by atoms with Crippen LogP contribution in [0, 0.1) is 0 Å². The fourth-order valence-electron chi connectivity index (χ4n) is 6.31. The zero-order chi connectivity index (χ0) is 28.3. The number of allylic oxidation sites excluding steroid dienone is 1. The predicted molar refractivity (Wildman–Crippen MR) is 159 cm³/mol. The molecule has 41 heavy (non-hydrogen) atoms. The van der Waals surface area contributed by atoms with Gasteiger partial charge in [0.2, 0.25) is 5.91 Å². The highest BCUT2D eigenvalue weighted by Crippen LogP contribution is 2.32. The van der Waals surface area contributed by atoms with Gasteiger partial charge < -0.3 is 20.3 Å². The number of carbonyl (C=O) groups is 2. The van der Waals surface area contributed by atoms with Crippen LogP contribution in [0.25, 0.3) is 0 Å². The number of hydrogen-bond acceptors (Lipinski definition) is 5. The molecule has 2 amide bonds. The maximum Gasteiger partial charge on any atom is 0.255 e. The van der Waals surface area contributed by atoms with E-state index in [1.165, 1.54) is 11.1 Å². The fourth-order valence-corrected chi connectivity index (χ4v) is 6.31. The Morgan fingerprint density at radius 2 is 1.78 bits per heavy atom. The Morgan fingerprint density at radius 3 is 2.54 bits per heavy atom. The van der Waals surface area contributed by atoms with Crippen molar-refractivity contribution in [3.8, 4) is 5.75 Å². The molecule has 0 radical (unpaired) electrons. The summed E-state index contributed by atoms with van der Waals surface area (Å²) in [5.41, 5.74) is 4.82. The van der Waals surface area contributed by atoms with Crippen molar-refractivity contribution in [2.24, 2.45) is 0 Å². The Labute approximate surface area is 242 Å². The van der Waals surface area contributed by atoms with Gasteiger partial charge >= 0.3 is 0 Å². The number of hydrogen-bond donors (Lipinski definition) is 2. The number of amides is 2. The second kappa shape index (κ2) is 11.9. The Hall–Kier alpha value is -3.94. The summed E-state index contributed by atoms with van der Waals surface area (Å²) in [5, 5.41) is 6.57. The van der Waals surface area contributed by atoms with Gasteiger partial charge in [0.15, 0.2) is 0 Å². The summed E-state index contributed by atoms with van der Waals surface area (Å²) in [6.45, 7) is 9.08. The highest BCUT2D eigenvalue weighted by atomic mass is 16.5. The van der Waals surface area contributed by atoms with E-state index in [9.17, 15) is 9.59 Å². The summed E-state index contributed by atoms with van der Waals surface area (Å²) in [6.07, 6.45) is 2.18. The predicted octanol–water partition coefficient (Wildman–Crippen LogP) is 4.81. The summed E-state index contributed by atoms with van der Waals surface area (Å²) in [4.78, 5) is 30.0. The standard InChI is InChI=1S/C34H38N4O3/c1-23-13-16-31(33(39)36-23)38-21-27-19-28(14-15-29(27)34(38)40)41-32-22-37(24(2)26-11-7-4-8-12-26)18-17-30(32)35-20-25-9-5-3-6-10-25/h3-12,14-15,19,24,30-32,35H,1,13,16-18,20-22H2,2H3,(H,36,39)/t24-,30?,31?,32?/m0/s1. The van der Waals surface area contributed by atoms with Gasteiger partial charge in [-0.2, -0.15) is 0 Å². The van der Waals surface area contributed by atoms with Crippen molar-refractivity contribution in [2.75, 3.05) is 13.1 Å². The van der Waals surface area contributed by atoms with Crippen molar-refractivity contribution in [3.63, 3.8) is 0 Å². The monoisotopic (exact) mass is 550 g/mol. The van der Waals surface area contributed by atoms with Crippen molar-refractivity contribution >= 4 is 11.8 Å². The van der Waals surface area contributed by atoms with Crippen molar-refractivity contribution < 1.29 is 14.3 Å². The van der Waals surface area contributed by atoms with Crippen LogP contribution in [0.2, 0.25) is 0 Å². The van der Waals surface area contributed by atoms with Gasteiger partial charge in [0.1, 0.15) is 17.9 Å². The molecule has 3 heterocycles. The van der Waals surface area contributed by atoms with Gasteiger partial charge in [0.05, 0.1) is 0 Å². The third-order valence-corrected chi connectivity index (χ3v) is 8.73. The number of fused-ring (bicyclic) bond motifs is 1. The van der Waals surface area contributed by atoms with E-state index < -0.39 is 6.04 Å². The fraction of sp³-hybridized carbons (Fsp3) is 0.353. The van der Waals surface area contributed by atoms with E-state index in [0.29, 0.717) is 30.6 Å². The maximum absolute atomic E-state index is 13.2. The molecule has 212 valence electrons. The lowest BCUT2D eigenvalue weighted by molar-refractivity contribution is -0.126. The molecule has 0 aliphatic carbocycles. The largest absolute Gasteiger partial charge is 0.487 e. The van der Waals surface area contributed by atoms with Gasteiger partial charge in [-0.05, 0) is 61.1 Å². The van der Waals surface area contributed by atoms with Crippen LogP contribution in [0.4, 0.5) is 0 Å². The highest BCUT2D eigenvalue weighted by molar-refractivity contribution is 6.01. The van der Waals surface area contributed by atoms with E-state index in [-0.39, 0.29) is 30.0 Å². The number of nitrogens with zero attached hydrogens (tertiary/aromatic N) is 2. The van der Waals surface area contributed by atoms with E-state index in [2.05, 4.69) is 83.6 Å². The third kappa shape index (κ3) is 5.92. The van der Waals surface area contributed by atoms with Gasteiger partial charge in [0.25, 0.3) is 5.91 Å². The van der Waals surface area contributed by atoms with Gasteiger partial charge in [0, 0.05) is 49.5 Å². The average molecular weight is 551 g/mol. The average Bonchev–Trinajstić information content (AvgIpc) is 3.32. The minimum Gasteiger partial charge on any atom is -0.487 e. The second-order valence-corrected chi connectivity index (χ2v) is 11.4. The molecule has 2 N–H and O–H groups in total. The van der Waals surface area contributed by atoms with E-state index >= 15 is 0 Å². The number of carbonyl (C=O) groups excluding carboxylic acids is 2.